The summed E-state index contributed by atoms with van der Waals surface area (Å²) in [6.07, 6.45) is 0.515. The van der Waals surface area contributed by atoms with Crippen LogP contribution >= 0.6 is 0 Å². The summed E-state index contributed by atoms with van der Waals surface area (Å²) in [4.78, 5) is 11.8. The van der Waals surface area contributed by atoms with E-state index in [1.165, 1.54) is 18.2 Å². The van der Waals surface area contributed by atoms with E-state index in [9.17, 15) is 15.0 Å². The molecular weight excluding hydrogens is 250 g/mol. The van der Waals surface area contributed by atoms with Crippen LogP contribution in [0.3, 0.4) is 0 Å². The summed E-state index contributed by atoms with van der Waals surface area (Å²) in [6.45, 7) is -0.138. The highest BCUT2D eigenvalue weighted by Crippen LogP contribution is 2.25. The molecule has 0 saturated carbocycles. The second-order valence-corrected chi connectivity index (χ2v) is 4.24. The van der Waals surface area contributed by atoms with Crippen molar-refractivity contribution in [1.29, 1.82) is 0 Å². The zero-order valence-electron chi connectivity index (χ0n) is 10.5. The lowest BCUT2D eigenvalue weighted by molar-refractivity contribution is -0.125. The van der Waals surface area contributed by atoms with Gasteiger partial charge in [0.25, 0.3) is 0 Å². The molecule has 0 spiro atoms. The summed E-state index contributed by atoms with van der Waals surface area (Å²) >= 11 is 0. The maximum atomic E-state index is 11.8. The summed E-state index contributed by atoms with van der Waals surface area (Å²) in [5.74, 6) is -0.912. The number of aliphatic hydroxyl groups excluding tert-OH is 2. The maximum Gasteiger partial charge on any atom is 0.223 e. The summed E-state index contributed by atoms with van der Waals surface area (Å²) in [5, 5.41) is 39.0. The third kappa shape index (κ3) is 4.76. The number of hydrogen-bond donors (Lipinski definition) is 5. The minimum atomic E-state index is -0.494. The van der Waals surface area contributed by atoms with E-state index < -0.39 is 5.92 Å². The predicted molar refractivity (Wildman–Crippen MR) is 68.8 cm³/mol. The first-order valence-electron chi connectivity index (χ1n) is 6.08. The number of carbonyl (C=O) groups excluding carboxylic acids is 1. The summed E-state index contributed by atoms with van der Waals surface area (Å²) < 4.78 is 0. The standard InChI is InChI=1S/C13H19NO5/c15-5-3-10(13(19)14-4-6-16)7-9-1-2-11(17)8-12(9)18/h1-2,8,10,15-18H,3-7H2,(H,14,19). The normalized spacial score (nSPS) is 12.1. The molecule has 19 heavy (non-hydrogen) atoms. The highest BCUT2D eigenvalue weighted by Gasteiger charge is 2.19. The monoisotopic (exact) mass is 269 g/mol. The van der Waals surface area contributed by atoms with Gasteiger partial charge in [0.2, 0.25) is 5.91 Å². The molecule has 0 fully saturated rings. The molecule has 1 unspecified atom stereocenters. The number of benzene rings is 1. The number of aromatic hydroxyl groups is 2. The number of aliphatic hydroxyl groups is 2. The van der Waals surface area contributed by atoms with Gasteiger partial charge in [0, 0.05) is 25.1 Å². The molecule has 0 aliphatic carbocycles. The van der Waals surface area contributed by atoms with Gasteiger partial charge >= 0.3 is 0 Å². The van der Waals surface area contributed by atoms with Crippen LogP contribution in [0.15, 0.2) is 18.2 Å². The molecule has 1 amide bonds. The molecule has 0 heterocycles. The molecule has 0 bridgehead atoms. The van der Waals surface area contributed by atoms with Crippen molar-refractivity contribution >= 4 is 5.91 Å². The van der Waals surface area contributed by atoms with E-state index in [0.717, 1.165) is 0 Å². The van der Waals surface area contributed by atoms with Gasteiger partial charge in [-0.05, 0) is 24.5 Å². The number of hydrogen-bond acceptors (Lipinski definition) is 5. The van der Waals surface area contributed by atoms with Gasteiger partial charge in [-0.25, -0.2) is 0 Å². The molecule has 0 aliphatic heterocycles. The molecule has 106 valence electrons. The minimum absolute atomic E-state index is 0.0512. The molecule has 6 nitrogen and oxygen atoms in total. The molecule has 0 saturated heterocycles. The van der Waals surface area contributed by atoms with Crippen molar-refractivity contribution in [3.05, 3.63) is 23.8 Å². The first kappa shape index (κ1) is 15.3. The van der Waals surface area contributed by atoms with E-state index in [4.69, 9.17) is 10.2 Å². The first-order chi connectivity index (χ1) is 9.08. The summed E-state index contributed by atoms with van der Waals surface area (Å²) in [6, 6.07) is 4.17. The Morgan fingerprint density at radius 3 is 2.53 bits per heavy atom. The van der Waals surface area contributed by atoms with Gasteiger partial charge in [-0.1, -0.05) is 6.07 Å². The number of rotatable bonds is 7. The fourth-order valence-corrected chi connectivity index (χ4v) is 1.80. The van der Waals surface area contributed by atoms with Crippen LogP contribution < -0.4 is 5.32 Å². The Morgan fingerprint density at radius 1 is 1.21 bits per heavy atom. The first-order valence-corrected chi connectivity index (χ1v) is 6.08. The van der Waals surface area contributed by atoms with Crippen molar-refractivity contribution in [1.82, 2.24) is 5.32 Å². The van der Waals surface area contributed by atoms with Crippen LogP contribution in [0.5, 0.6) is 11.5 Å². The number of nitrogens with one attached hydrogen (secondary N) is 1. The van der Waals surface area contributed by atoms with Gasteiger partial charge < -0.3 is 25.7 Å². The van der Waals surface area contributed by atoms with Crippen molar-refractivity contribution in [2.75, 3.05) is 19.8 Å². The van der Waals surface area contributed by atoms with Crippen LogP contribution in [0.4, 0.5) is 0 Å². The minimum Gasteiger partial charge on any atom is -0.508 e. The van der Waals surface area contributed by atoms with Crippen molar-refractivity contribution in [2.24, 2.45) is 5.92 Å². The molecular formula is C13H19NO5. The number of phenolic OH excluding ortho intramolecular Hbond substituents is 2. The maximum absolute atomic E-state index is 11.8. The fraction of sp³-hybridized carbons (Fsp3) is 0.462. The van der Waals surface area contributed by atoms with Gasteiger partial charge in [0.05, 0.1) is 6.61 Å². The molecule has 0 aromatic heterocycles. The van der Waals surface area contributed by atoms with Gasteiger partial charge in [0.1, 0.15) is 11.5 Å². The van der Waals surface area contributed by atoms with Gasteiger partial charge in [-0.15, -0.1) is 0 Å². The van der Waals surface area contributed by atoms with Crippen LogP contribution in [-0.4, -0.2) is 46.1 Å². The lowest BCUT2D eigenvalue weighted by Crippen LogP contribution is -2.34. The van der Waals surface area contributed by atoms with Crippen LogP contribution in [0.1, 0.15) is 12.0 Å². The summed E-state index contributed by atoms with van der Waals surface area (Å²) in [5.41, 5.74) is 0.524. The third-order valence-corrected chi connectivity index (χ3v) is 2.79. The summed E-state index contributed by atoms with van der Waals surface area (Å²) in [7, 11) is 0. The van der Waals surface area contributed by atoms with Crippen molar-refractivity contribution in [3.63, 3.8) is 0 Å². The topological polar surface area (TPSA) is 110 Å². The average Bonchev–Trinajstić information content (AvgIpc) is 2.38. The van der Waals surface area contributed by atoms with Crippen LogP contribution in [0, 0.1) is 5.92 Å². The van der Waals surface area contributed by atoms with Crippen molar-refractivity contribution in [3.8, 4) is 11.5 Å². The molecule has 6 heteroatoms. The molecule has 1 aromatic rings. The van der Waals surface area contributed by atoms with Crippen molar-refractivity contribution < 1.29 is 25.2 Å². The Morgan fingerprint density at radius 2 is 1.95 bits per heavy atom. The number of amides is 1. The Balaban J connectivity index is 2.74. The van der Waals surface area contributed by atoms with Crippen LogP contribution in [0.25, 0.3) is 0 Å². The van der Waals surface area contributed by atoms with E-state index in [1.54, 1.807) is 0 Å². The van der Waals surface area contributed by atoms with Crippen LogP contribution in [-0.2, 0) is 11.2 Å². The Kier molecular flexibility index (Phi) is 6.11. The number of carbonyl (C=O) groups is 1. The SMILES string of the molecule is O=C(NCCO)C(CCO)Cc1ccc(O)cc1O. The quantitative estimate of drug-likeness (QED) is 0.469. The Hall–Kier alpha value is -1.79. The molecule has 1 rings (SSSR count). The average molecular weight is 269 g/mol. The highest BCUT2D eigenvalue weighted by molar-refractivity contribution is 5.79. The smallest absolute Gasteiger partial charge is 0.223 e. The highest BCUT2D eigenvalue weighted by atomic mass is 16.3. The largest absolute Gasteiger partial charge is 0.508 e. The Bertz CT molecular complexity index is 421. The fourth-order valence-electron chi connectivity index (χ4n) is 1.80. The van der Waals surface area contributed by atoms with E-state index in [-0.39, 0.29) is 50.0 Å². The van der Waals surface area contributed by atoms with Crippen molar-refractivity contribution in [2.45, 2.75) is 12.8 Å². The lowest BCUT2D eigenvalue weighted by Gasteiger charge is -2.16. The molecule has 0 aliphatic rings. The van der Waals surface area contributed by atoms with E-state index >= 15 is 0 Å². The third-order valence-electron chi connectivity index (χ3n) is 2.79. The zero-order chi connectivity index (χ0) is 14.3. The molecule has 1 aromatic carbocycles. The molecule has 0 radical (unpaired) electrons. The van der Waals surface area contributed by atoms with E-state index in [1.807, 2.05) is 0 Å². The van der Waals surface area contributed by atoms with Gasteiger partial charge in [-0.3, -0.25) is 4.79 Å². The van der Waals surface area contributed by atoms with E-state index in [2.05, 4.69) is 5.32 Å². The predicted octanol–water partition coefficient (Wildman–Crippen LogP) is -0.253. The molecule has 5 N–H and O–H groups in total. The second-order valence-electron chi connectivity index (χ2n) is 4.24. The number of phenols is 2. The second kappa shape index (κ2) is 7.60. The Labute approximate surface area is 111 Å². The lowest BCUT2D eigenvalue weighted by atomic mass is 9.95. The molecule has 1 atom stereocenters. The van der Waals surface area contributed by atoms with Gasteiger partial charge in [-0.2, -0.15) is 0 Å². The van der Waals surface area contributed by atoms with Gasteiger partial charge in [0.15, 0.2) is 0 Å². The van der Waals surface area contributed by atoms with Crippen LogP contribution in [0.2, 0.25) is 0 Å². The van der Waals surface area contributed by atoms with E-state index in [0.29, 0.717) is 5.56 Å². The zero-order valence-corrected chi connectivity index (χ0v) is 10.5.